The summed E-state index contributed by atoms with van der Waals surface area (Å²) in [5, 5.41) is 2.96. The Kier molecular flexibility index (Phi) is 12.8. The number of rotatable bonds is 15. The number of hydrogen-bond acceptors (Lipinski definition) is 4. The van der Waals surface area contributed by atoms with E-state index in [0.29, 0.717) is 30.0 Å². The van der Waals surface area contributed by atoms with Crippen LogP contribution in [0.25, 0.3) is 0 Å². The minimum atomic E-state index is -0.355. The molecule has 0 unspecified atom stereocenters. The summed E-state index contributed by atoms with van der Waals surface area (Å²) in [6, 6.07) is 12.8. The van der Waals surface area contributed by atoms with Gasteiger partial charge in [-0.25, -0.2) is 4.79 Å². The molecular formula is C31H39NO4. The molecule has 5 nitrogen and oxygen atoms in total. The Morgan fingerprint density at radius 1 is 0.917 bits per heavy atom. The standard InChI is InChI=1S/C31H39NO4/c1-5-7-14-26(6-2)30(33)32-21-12-10-8-9-11-13-22-35-27-16-18-28(19-17-27)36-31(34)29-20-15-24(3)23-25(29)4/h5-7,14-20,23H,1,8-13,21-22H2,2-4H3,(H,32,33)/b14-7-,26-6+. The Labute approximate surface area is 215 Å². The van der Waals surface area contributed by atoms with E-state index in [1.54, 1.807) is 42.5 Å². The number of nitrogens with one attached hydrogen (secondary N) is 1. The molecule has 36 heavy (non-hydrogen) atoms. The molecule has 0 aliphatic heterocycles. The summed E-state index contributed by atoms with van der Waals surface area (Å²) in [5.41, 5.74) is 3.25. The van der Waals surface area contributed by atoms with Gasteiger partial charge in [-0.1, -0.05) is 68.2 Å². The first kappa shape index (κ1) is 28.6. The number of benzene rings is 2. The van der Waals surface area contributed by atoms with Crippen LogP contribution < -0.4 is 14.8 Å². The van der Waals surface area contributed by atoms with Crippen molar-refractivity contribution < 1.29 is 19.1 Å². The highest BCUT2D eigenvalue weighted by molar-refractivity contribution is 5.96. The number of allylic oxidation sites excluding steroid dienone is 3. The zero-order chi connectivity index (χ0) is 26.2. The minimum absolute atomic E-state index is 0.0414. The maximum atomic E-state index is 12.4. The Balaban J connectivity index is 1.55. The molecule has 2 rings (SSSR count). The minimum Gasteiger partial charge on any atom is -0.494 e. The van der Waals surface area contributed by atoms with E-state index < -0.39 is 0 Å². The average molecular weight is 490 g/mol. The normalized spacial score (nSPS) is 11.4. The number of carbonyl (C=O) groups excluding carboxylic acids is 2. The summed E-state index contributed by atoms with van der Waals surface area (Å²) >= 11 is 0. The predicted molar refractivity (Wildman–Crippen MR) is 147 cm³/mol. The number of amides is 1. The van der Waals surface area contributed by atoms with Crippen molar-refractivity contribution in [3.8, 4) is 11.5 Å². The lowest BCUT2D eigenvalue weighted by atomic mass is 10.1. The maximum Gasteiger partial charge on any atom is 0.343 e. The number of ether oxygens (including phenoxy) is 2. The largest absolute Gasteiger partial charge is 0.494 e. The average Bonchev–Trinajstić information content (AvgIpc) is 2.86. The van der Waals surface area contributed by atoms with Crippen molar-refractivity contribution in [3.05, 3.63) is 95.6 Å². The second-order valence-electron chi connectivity index (χ2n) is 8.74. The van der Waals surface area contributed by atoms with Gasteiger partial charge >= 0.3 is 5.97 Å². The van der Waals surface area contributed by atoms with Crippen LogP contribution >= 0.6 is 0 Å². The van der Waals surface area contributed by atoms with E-state index in [2.05, 4.69) is 11.9 Å². The quantitative estimate of drug-likeness (QED) is 0.0957. The lowest BCUT2D eigenvalue weighted by molar-refractivity contribution is -0.117. The van der Waals surface area contributed by atoms with Crippen molar-refractivity contribution in [2.75, 3.05) is 13.2 Å². The van der Waals surface area contributed by atoms with Crippen LogP contribution in [0.1, 0.15) is 66.9 Å². The van der Waals surface area contributed by atoms with Crippen molar-refractivity contribution in [1.29, 1.82) is 0 Å². The van der Waals surface area contributed by atoms with Gasteiger partial charge in [0.15, 0.2) is 0 Å². The monoisotopic (exact) mass is 489 g/mol. The van der Waals surface area contributed by atoms with Gasteiger partial charge in [0.05, 0.1) is 12.2 Å². The van der Waals surface area contributed by atoms with E-state index >= 15 is 0 Å². The Hall–Kier alpha value is -3.60. The van der Waals surface area contributed by atoms with Gasteiger partial charge in [-0.3, -0.25) is 4.79 Å². The van der Waals surface area contributed by atoms with Gasteiger partial charge in [-0.15, -0.1) is 0 Å². The maximum absolute atomic E-state index is 12.4. The smallest absolute Gasteiger partial charge is 0.343 e. The SMILES string of the molecule is C=C/C=C\C(=C/C)C(=O)NCCCCCCCCOc1ccc(OC(=O)c2ccc(C)cc2C)cc1. The number of esters is 1. The van der Waals surface area contributed by atoms with E-state index in [-0.39, 0.29) is 11.9 Å². The van der Waals surface area contributed by atoms with Gasteiger partial charge < -0.3 is 14.8 Å². The molecule has 0 saturated carbocycles. The molecule has 0 fully saturated rings. The molecule has 1 N–H and O–H groups in total. The van der Waals surface area contributed by atoms with Crippen molar-refractivity contribution >= 4 is 11.9 Å². The number of aryl methyl sites for hydroxylation is 2. The first-order chi connectivity index (χ1) is 17.4. The summed E-state index contributed by atoms with van der Waals surface area (Å²) in [7, 11) is 0. The van der Waals surface area contributed by atoms with Crippen molar-refractivity contribution in [2.45, 2.75) is 59.3 Å². The molecule has 0 saturated heterocycles. The molecular weight excluding hydrogens is 450 g/mol. The fraction of sp³-hybridized carbons (Fsp3) is 0.355. The molecule has 2 aromatic carbocycles. The summed E-state index contributed by atoms with van der Waals surface area (Å²) in [5.74, 6) is 0.867. The third-order valence-corrected chi connectivity index (χ3v) is 5.75. The van der Waals surface area contributed by atoms with Crippen molar-refractivity contribution in [2.24, 2.45) is 0 Å². The Bertz CT molecular complexity index is 1050. The molecule has 0 aliphatic rings. The van der Waals surface area contributed by atoms with Gasteiger partial charge in [-0.2, -0.15) is 0 Å². The lowest BCUT2D eigenvalue weighted by Gasteiger charge is -2.09. The summed E-state index contributed by atoms with van der Waals surface area (Å²) in [6.45, 7) is 10.7. The fourth-order valence-electron chi connectivity index (χ4n) is 3.71. The van der Waals surface area contributed by atoms with Gasteiger partial charge in [0, 0.05) is 12.1 Å². The highest BCUT2D eigenvalue weighted by Crippen LogP contribution is 2.20. The third kappa shape index (κ3) is 10.3. The zero-order valence-corrected chi connectivity index (χ0v) is 21.8. The molecule has 0 radical (unpaired) electrons. The van der Waals surface area contributed by atoms with Crippen molar-refractivity contribution in [1.82, 2.24) is 5.32 Å². The zero-order valence-electron chi connectivity index (χ0n) is 21.8. The molecule has 2 aromatic rings. The molecule has 5 heteroatoms. The second-order valence-corrected chi connectivity index (χ2v) is 8.74. The van der Waals surface area contributed by atoms with Crippen LogP contribution in [0.2, 0.25) is 0 Å². The van der Waals surface area contributed by atoms with Crippen LogP contribution in [0.5, 0.6) is 11.5 Å². The van der Waals surface area contributed by atoms with E-state index in [9.17, 15) is 9.59 Å². The van der Waals surface area contributed by atoms with Gasteiger partial charge in [0.25, 0.3) is 5.91 Å². The fourth-order valence-corrected chi connectivity index (χ4v) is 3.71. The van der Waals surface area contributed by atoms with Crippen molar-refractivity contribution in [3.63, 3.8) is 0 Å². The molecule has 0 atom stereocenters. The summed E-state index contributed by atoms with van der Waals surface area (Å²) in [4.78, 5) is 24.5. The molecule has 192 valence electrons. The molecule has 0 aromatic heterocycles. The number of carbonyl (C=O) groups is 2. The molecule has 1 amide bonds. The van der Waals surface area contributed by atoms with Gasteiger partial charge in [0.2, 0.25) is 0 Å². The van der Waals surface area contributed by atoms with Crippen LogP contribution in [-0.2, 0) is 4.79 Å². The highest BCUT2D eigenvalue weighted by atomic mass is 16.5. The number of unbranched alkanes of at least 4 members (excludes halogenated alkanes) is 5. The first-order valence-corrected chi connectivity index (χ1v) is 12.7. The van der Waals surface area contributed by atoms with Crippen LogP contribution in [0, 0.1) is 13.8 Å². The van der Waals surface area contributed by atoms with Crippen LogP contribution in [0.15, 0.2) is 78.9 Å². The lowest BCUT2D eigenvalue weighted by Crippen LogP contribution is -2.25. The number of hydrogen-bond donors (Lipinski definition) is 1. The first-order valence-electron chi connectivity index (χ1n) is 12.7. The third-order valence-electron chi connectivity index (χ3n) is 5.75. The van der Waals surface area contributed by atoms with Crippen LogP contribution in [0.4, 0.5) is 0 Å². The molecule has 0 bridgehead atoms. The molecule has 0 spiro atoms. The Morgan fingerprint density at radius 3 is 2.25 bits per heavy atom. The van der Waals surface area contributed by atoms with Gasteiger partial charge in [-0.05, 0) is 75.6 Å². The van der Waals surface area contributed by atoms with Crippen LogP contribution in [0.3, 0.4) is 0 Å². The predicted octanol–water partition coefficient (Wildman–Crippen LogP) is 7.05. The highest BCUT2D eigenvalue weighted by Gasteiger charge is 2.11. The molecule has 0 aliphatic carbocycles. The van der Waals surface area contributed by atoms with Gasteiger partial charge in [0.1, 0.15) is 11.5 Å². The molecule has 0 heterocycles. The summed E-state index contributed by atoms with van der Waals surface area (Å²) in [6.07, 6.45) is 13.4. The topological polar surface area (TPSA) is 64.6 Å². The Morgan fingerprint density at radius 2 is 1.58 bits per heavy atom. The van der Waals surface area contributed by atoms with Crippen LogP contribution in [-0.4, -0.2) is 25.0 Å². The van der Waals surface area contributed by atoms with E-state index in [1.807, 2.05) is 45.0 Å². The second kappa shape index (κ2) is 16.1. The summed E-state index contributed by atoms with van der Waals surface area (Å²) < 4.78 is 11.3. The van der Waals surface area contributed by atoms with E-state index in [0.717, 1.165) is 55.4 Å². The van der Waals surface area contributed by atoms with E-state index in [4.69, 9.17) is 9.47 Å². The van der Waals surface area contributed by atoms with E-state index in [1.165, 1.54) is 0 Å².